The van der Waals surface area contributed by atoms with Gasteiger partial charge in [0.1, 0.15) is 12.1 Å². The van der Waals surface area contributed by atoms with E-state index in [-0.39, 0.29) is 18.9 Å². The maximum atomic E-state index is 12.8. The minimum atomic E-state index is -0.877. The van der Waals surface area contributed by atoms with E-state index in [1.807, 2.05) is 44.2 Å². The standard InChI is InChI=1S/C19H31N5O3/c1-12(2)10-15(17(22)25)23-19(27)16(11-13-6-4-3-5-7-13)24-18(26)14(21)8-9-20/h3-7,12,14-16H,8-11,20-21H2,1-2H3,(H2,22,25)(H,23,27)(H,24,26)/t14-,15?,16+/m0/s1. The van der Waals surface area contributed by atoms with Gasteiger partial charge in [-0.05, 0) is 30.9 Å². The fourth-order valence-electron chi connectivity index (χ4n) is 2.64. The van der Waals surface area contributed by atoms with Gasteiger partial charge in [0.25, 0.3) is 0 Å². The molecule has 0 aromatic heterocycles. The molecule has 0 aliphatic carbocycles. The second-order valence-electron chi connectivity index (χ2n) is 7.03. The van der Waals surface area contributed by atoms with Gasteiger partial charge in [-0.3, -0.25) is 14.4 Å². The van der Waals surface area contributed by atoms with Gasteiger partial charge in [-0.15, -0.1) is 0 Å². The lowest BCUT2D eigenvalue weighted by Crippen LogP contribution is -2.56. The molecule has 1 unspecified atom stereocenters. The molecule has 0 aliphatic heterocycles. The number of carbonyl (C=O) groups is 3. The summed E-state index contributed by atoms with van der Waals surface area (Å²) in [5.41, 5.74) is 17.5. The molecule has 8 nitrogen and oxygen atoms in total. The smallest absolute Gasteiger partial charge is 0.243 e. The van der Waals surface area contributed by atoms with E-state index in [1.165, 1.54) is 0 Å². The topological polar surface area (TPSA) is 153 Å². The number of nitrogens with one attached hydrogen (secondary N) is 2. The van der Waals surface area contributed by atoms with Crippen molar-refractivity contribution in [1.29, 1.82) is 0 Å². The zero-order valence-electron chi connectivity index (χ0n) is 16.0. The highest BCUT2D eigenvalue weighted by Gasteiger charge is 2.27. The lowest BCUT2D eigenvalue weighted by Gasteiger charge is -2.24. The van der Waals surface area contributed by atoms with Crippen LogP contribution in [-0.4, -0.2) is 42.4 Å². The van der Waals surface area contributed by atoms with Gasteiger partial charge in [-0.25, -0.2) is 0 Å². The van der Waals surface area contributed by atoms with Crippen molar-refractivity contribution < 1.29 is 14.4 Å². The molecule has 3 atom stereocenters. The summed E-state index contributed by atoms with van der Waals surface area (Å²) in [4.78, 5) is 36.7. The van der Waals surface area contributed by atoms with Crippen molar-refractivity contribution in [3.63, 3.8) is 0 Å². The highest BCUT2D eigenvalue weighted by molar-refractivity contribution is 5.92. The van der Waals surface area contributed by atoms with Crippen LogP contribution in [0.5, 0.6) is 0 Å². The fraction of sp³-hybridized carbons (Fsp3) is 0.526. The summed E-state index contributed by atoms with van der Waals surface area (Å²) in [7, 11) is 0. The van der Waals surface area contributed by atoms with Crippen molar-refractivity contribution in [2.24, 2.45) is 23.1 Å². The van der Waals surface area contributed by atoms with Crippen molar-refractivity contribution in [3.05, 3.63) is 35.9 Å². The van der Waals surface area contributed by atoms with Crippen LogP contribution in [0.1, 0.15) is 32.3 Å². The third-order valence-corrected chi connectivity index (χ3v) is 4.10. The Morgan fingerprint density at radius 3 is 2.11 bits per heavy atom. The van der Waals surface area contributed by atoms with E-state index < -0.39 is 35.8 Å². The molecule has 1 rings (SSSR count). The number of rotatable bonds is 11. The minimum Gasteiger partial charge on any atom is -0.368 e. The van der Waals surface area contributed by atoms with Crippen LogP contribution in [0.15, 0.2) is 30.3 Å². The van der Waals surface area contributed by atoms with Gasteiger partial charge in [0.15, 0.2) is 0 Å². The summed E-state index contributed by atoms with van der Waals surface area (Å²) < 4.78 is 0. The molecule has 0 bridgehead atoms. The van der Waals surface area contributed by atoms with Gasteiger partial charge in [0.2, 0.25) is 17.7 Å². The molecule has 0 aliphatic rings. The Balaban J connectivity index is 2.92. The number of hydrogen-bond donors (Lipinski definition) is 5. The first kappa shape index (κ1) is 22.6. The third kappa shape index (κ3) is 8.19. The molecule has 3 amide bonds. The van der Waals surface area contributed by atoms with Crippen molar-refractivity contribution in [1.82, 2.24) is 10.6 Å². The van der Waals surface area contributed by atoms with Crippen LogP contribution < -0.4 is 27.8 Å². The van der Waals surface area contributed by atoms with E-state index in [0.717, 1.165) is 5.56 Å². The summed E-state index contributed by atoms with van der Waals surface area (Å²) >= 11 is 0. The number of hydrogen-bond acceptors (Lipinski definition) is 5. The van der Waals surface area contributed by atoms with Crippen LogP contribution in [0.25, 0.3) is 0 Å². The molecule has 1 aromatic rings. The minimum absolute atomic E-state index is 0.169. The van der Waals surface area contributed by atoms with Crippen LogP contribution in [0.2, 0.25) is 0 Å². The van der Waals surface area contributed by atoms with Crippen molar-refractivity contribution in [2.45, 2.75) is 51.2 Å². The molecule has 150 valence electrons. The first-order valence-corrected chi connectivity index (χ1v) is 9.14. The number of primary amides is 1. The molecule has 0 saturated heterocycles. The third-order valence-electron chi connectivity index (χ3n) is 4.10. The Labute approximate surface area is 160 Å². The normalized spacial score (nSPS) is 14.3. The molecular weight excluding hydrogens is 346 g/mol. The summed E-state index contributed by atoms with van der Waals surface area (Å²) in [5, 5.41) is 5.31. The predicted octanol–water partition coefficient (Wildman–Crippen LogP) is -0.594. The molecule has 0 heterocycles. The first-order chi connectivity index (χ1) is 12.7. The Kier molecular flexibility index (Phi) is 9.46. The maximum Gasteiger partial charge on any atom is 0.243 e. The lowest BCUT2D eigenvalue weighted by molar-refractivity contribution is -0.132. The summed E-state index contributed by atoms with van der Waals surface area (Å²) in [6.07, 6.45) is 0.990. The molecule has 27 heavy (non-hydrogen) atoms. The van der Waals surface area contributed by atoms with Gasteiger partial charge in [0, 0.05) is 6.42 Å². The summed E-state index contributed by atoms with van der Waals surface area (Å²) in [6, 6.07) is 6.78. The number of nitrogens with two attached hydrogens (primary N) is 3. The lowest BCUT2D eigenvalue weighted by atomic mass is 10.0. The first-order valence-electron chi connectivity index (χ1n) is 9.14. The molecule has 0 saturated carbocycles. The quantitative estimate of drug-likeness (QED) is 0.349. The molecule has 0 spiro atoms. The van der Waals surface area contributed by atoms with Crippen LogP contribution in [0.4, 0.5) is 0 Å². The van der Waals surface area contributed by atoms with E-state index in [0.29, 0.717) is 12.8 Å². The Morgan fingerprint density at radius 1 is 1.00 bits per heavy atom. The fourth-order valence-corrected chi connectivity index (χ4v) is 2.64. The van der Waals surface area contributed by atoms with Gasteiger partial charge in [-0.1, -0.05) is 44.2 Å². The SMILES string of the molecule is CC(C)CC(NC(=O)[C@@H](Cc1ccccc1)NC(=O)[C@@H](N)CCN)C(N)=O. The van der Waals surface area contributed by atoms with E-state index in [9.17, 15) is 14.4 Å². The number of benzene rings is 1. The van der Waals surface area contributed by atoms with Gasteiger partial charge < -0.3 is 27.8 Å². The van der Waals surface area contributed by atoms with E-state index >= 15 is 0 Å². The van der Waals surface area contributed by atoms with E-state index in [2.05, 4.69) is 10.6 Å². The molecule has 0 fully saturated rings. The van der Waals surface area contributed by atoms with Crippen LogP contribution in [0, 0.1) is 5.92 Å². The Bertz CT molecular complexity index is 621. The molecule has 1 aromatic carbocycles. The van der Waals surface area contributed by atoms with Crippen molar-refractivity contribution in [3.8, 4) is 0 Å². The molecular formula is C19H31N5O3. The van der Waals surface area contributed by atoms with E-state index in [1.54, 1.807) is 0 Å². The highest BCUT2D eigenvalue weighted by atomic mass is 16.2. The highest BCUT2D eigenvalue weighted by Crippen LogP contribution is 2.07. The van der Waals surface area contributed by atoms with Gasteiger partial charge in [0.05, 0.1) is 6.04 Å². The van der Waals surface area contributed by atoms with Crippen LogP contribution in [-0.2, 0) is 20.8 Å². The predicted molar refractivity (Wildman–Crippen MR) is 104 cm³/mol. The van der Waals surface area contributed by atoms with Crippen LogP contribution >= 0.6 is 0 Å². The average molecular weight is 377 g/mol. The number of amides is 3. The second-order valence-corrected chi connectivity index (χ2v) is 7.03. The summed E-state index contributed by atoms with van der Waals surface area (Å²) in [6.45, 7) is 4.12. The zero-order chi connectivity index (χ0) is 20.4. The Morgan fingerprint density at radius 2 is 1.59 bits per heavy atom. The molecule has 8 heteroatoms. The molecule has 0 radical (unpaired) electrons. The zero-order valence-corrected chi connectivity index (χ0v) is 16.0. The van der Waals surface area contributed by atoms with Gasteiger partial charge >= 0.3 is 0 Å². The number of carbonyl (C=O) groups excluding carboxylic acids is 3. The van der Waals surface area contributed by atoms with Crippen molar-refractivity contribution in [2.75, 3.05) is 6.54 Å². The van der Waals surface area contributed by atoms with Crippen molar-refractivity contribution >= 4 is 17.7 Å². The maximum absolute atomic E-state index is 12.8. The Hall–Kier alpha value is -2.45. The monoisotopic (exact) mass is 377 g/mol. The average Bonchev–Trinajstić information content (AvgIpc) is 2.61. The molecule has 8 N–H and O–H groups in total. The summed E-state index contributed by atoms with van der Waals surface area (Å²) in [5.74, 6) is -1.38. The largest absolute Gasteiger partial charge is 0.368 e. The second kappa shape index (κ2) is 11.3. The van der Waals surface area contributed by atoms with E-state index in [4.69, 9.17) is 17.2 Å². The van der Waals surface area contributed by atoms with Gasteiger partial charge in [-0.2, -0.15) is 0 Å². The van der Waals surface area contributed by atoms with Crippen LogP contribution in [0.3, 0.4) is 0 Å².